The lowest BCUT2D eigenvalue weighted by Crippen LogP contribution is -1.97. The molecule has 0 saturated heterocycles. The van der Waals surface area contributed by atoms with Gasteiger partial charge in [0.2, 0.25) is 0 Å². The molecule has 0 bridgehead atoms. The van der Waals surface area contributed by atoms with Crippen LogP contribution in [0.2, 0.25) is 0 Å². The molecule has 0 saturated carbocycles. The predicted octanol–water partition coefficient (Wildman–Crippen LogP) is 9.47. The van der Waals surface area contributed by atoms with Crippen molar-refractivity contribution in [2.24, 2.45) is 0 Å². The van der Waals surface area contributed by atoms with E-state index in [1.807, 2.05) is 12.1 Å². The van der Waals surface area contributed by atoms with Gasteiger partial charge in [0.1, 0.15) is 11.5 Å². The van der Waals surface area contributed by atoms with Crippen molar-refractivity contribution >= 4 is 49.4 Å². The SMILES string of the molecule is c1ccc(-n2c(-c3ccc(-c4ccc5c(c4)c4ccccc4n4c6ccccc6nc54)cc3)nc3ccccc32)cc1. The number of para-hydroxylation sites is 6. The van der Waals surface area contributed by atoms with Gasteiger partial charge in [0.05, 0.1) is 27.6 Å². The van der Waals surface area contributed by atoms with Crippen molar-refractivity contribution in [3.8, 4) is 28.2 Å². The molecule has 0 aliphatic carbocycles. The summed E-state index contributed by atoms with van der Waals surface area (Å²) in [5.41, 5.74) is 10.9. The van der Waals surface area contributed by atoms with Gasteiger partial charge in [-0.1, -0.05) is 91.0 Å². The molecule has 0 unspecified atom stereocenters. The molecule has 42 heavy (non-hydrogen) atoms. The van der Waals surface area contributed by atoms with E-state index in [9.17, 15) is 0 Å². The number of fused-ring (bicyclic) bond motifs is 9. The van der Waals surface area contributed by atoms with Crippen LogP contribution >= 0.6 is 0 Å². The number of hydrogen-bond acceptors (Lipinski definition) is 2. The van der Waals surface area contributed by atoms with Crippen molar-refractivity contribution in [3.05, 3.63) is 146 Å². The van der Waals surface area contributed by atoms with Crippen LogP contribution in [0.15, 0.2) is 146 Å². The Hall–Kier alpha value is -5.74. The second-order valence-electron chi connectivity index (χ2n) is 10.7. The first kappa shape index (κ1) is 23.0. The third-order valence-corrected chi connectivity index (χ3v) is 8.31. The Balaban J connectivity index is 1.20. The van der Waals surface area contributed by atoms with Crippen molar-refractivity contribution in [2.75, 3.05) is 0 Å². The summed E-state index contributed by atoms with van der Waals surface area (Å²) >= 11 is 0. The zero-order chi connectivity index (χ0) is 27.6. The minimum atomic E-state index is 0.937. The van der Waals surface area contributed by atoms with E-state index in [2.05, 4.69) is 142 Å². The third kappa shape index (κ3) is 3.36. The second-order valence-corrected chi connectivity index (χ2v) is 10.7. The van der Waals surface area contributed by atoms with Gasteiger partial charge in [-0.2, -0.15) is 0 Å². The van der Waals surface area contributed by atoms with Crippen LogP contribution in [0.25, 0.3) is 77.6 Å². The van der Waals surface area contributed by atoms with Gasteiger partial charge in [-0.3, -0.25) is 8.97 Å². The molecule has 4 heteroatoms. The summed E-state index contributed by atoms with van der Waals surface area (Å²) in [6, 6.07) is 51.3. The van der Waals surface area contributed by atoms with Crippen molar-refractivity contribution < 1.29 is 0 Å². The molecule has 0 N–H and O–H groups in total. The molecule has 3 heterocycles. The molecule has 0 fully saturated rings. The lowest BCUT2D eigenvalue weighted by atomic mass is 9.98. The van der Waals surface area contributed by atoms with Crippen LogP contribution in [-0.2, 0) is 0 Å². The fraction of sp³-hybridized carbons (Fsp3) is 0. The minimum Gasteiger partial charge on any atom is -0.292 e. The van der Waals surface area contributed by atoms with Gasteiger partial charge in [-0.25, -0.2) is 9.97 Å². The van der Waals surface area contributed by atoms with Crippen LogP contribution in [0.5, 0.6) is 0 Å². The molecule has 0 radical (unpaired) electrons. The van der Waals surface area contributed by atoms with Gasteiger partial charge in [0.25, 0.3) is 0 Å². The molecule has 9 aromatic rings. The van der Waals surface area contributed by atoms with Crippen molar-refractivity contribution in [1.29, 1.82) is 0 Å². The zero-order valence-corrected chi connectivity index (χ0v) is 22.6. The monoisotopic (exact) mass is 536 g/mol. The minimum absolute atomic E-state index is 0.937. The average Bonchev–Trinajstić information content (AvgIpc) is 3.65. The molecular formula is C38H24N4. The maximum absolute atomic E-state index is 5.05. The quantitative estimate of drug-likeness (QED) is 0.211. The highest BCUT2D eigenvalue weighted by molar-refractivity contribution is 6.14. The summed E-state index contributed by atoms with van der Waals surface area (Å²) in [6.45, 7) is 0. The number of pyridine rings is 1. The molecular weight excluding hydrogens is 512 g/mol. The number of nitrogens with zero attached hydrogens (tertiary/aromatic N) is 4. The Labute approximate surface area is 241 Å². The fourth-order valence-electron chi connectivity index (χ4n) is 6.36. The van der Waals surface area contributed by atoms with E-state index in [0.717, 1.165) is 50.2 Å². The lowest BCUT2D eigenvalue weighted by molar-refractivity contribution is 1.10. The van der Waals surface area contributed by atoms with Gasteiger partial charge < -0.3 is 0 Å². The zero-order valence-electron chi connectivity index (χ0n) is 22.6. The molecule has 0 amide bonds. The fourth-order valence-corrected chi connectivity index (χ4v) is 6.36. The molecule has 9 rings (SSSR count). The van der Waals surface area contributed by atoms with Gasteiger partial charge in [-0.15, -0.1) is 0 Å². The van der Waals surface area contributed by atoms with E-state index in [1.165, 1.54) is 27.4 Å². The predicted molar refractivity (Wildman–Crippen MR) is 173 cm³/mol. The van der Waals surface area contributed by atoms with Crippen LogP contribution in [-0.4, -0.2) is 18.9 Å². The van der Waals surface area contributed by atoms with E-state index < -0.39 is 0 Å². The standard InChI is InChI=1S/C38H24N4/c1-2-10-28(11-3-1)41-35-16-8-5-13-32(35)39-37(41)26-20-18-25(19-21-26)27-22-23-30-31(24-27)29-12-4-7-15-34(29)42-36-17-9-6-14-33(36)40-38(30)42/h1-24H. The molecule has 4 nitrogen and oxygen atoms in total. The van der Waals surface area contributed by atoms with Crippen LogP contribution in [0.4, 0.5) is 0 Å². The maximum atomic E-state index is 5.05. The van der Waals surface area contributed by atoms with E-state index in [1.54, 1.807) is 0 Å². The summed E-state index contributed by atoms with van der Waals surface area (Å²) in [5, 5.41) is 3.58. The summed E-state index contributed by atoms with van der Waals surface area (Å²) < 4.78 is 4.53. The highest BCUT2D eigenvalue weighted by atomic mass is 15.1. The molecule has 3 aromatic heterocycles. The highest BCUT2D eigenvalue weighted by Gasteiger charge is 2.16. The molecule has 6 aromatic carbocycles. The molecule has 0 atom stereocenters. The summed E-state index contributed by atoms with van der Waals surface area (Å²) in [4.78, 5) is 10.1. The maximum Gasteiger partial charge on any atom is 0.146 e. The molecule has 196 valence electrons. The number of aromatic nitrogens is 4. The number of benzene rings is 6. The van der Waals surface area contributed by atoms with E-state index in [-0.39, 0.29) is 0 Å². The first-order chi connectivity index (χ1) is 20.8. The van der Waals surface area contributed by atoms with E-state index >= 15 is 0 Å². The van der Waals surface area contributed by atoms with E-state index in [4.69, 9.17) is 9.97 Å². The second kappa shape index (κ2) is 8.88. The van der Waals surface area contributed by atoms with Crippen LogP contribution in [0.3, 0.4) is 0 Å². The lowest BCUT2D eigenvalue weighted by Gasteiger charge is -2.12. The van der Waals surface area contributed by atoms with Gasteiger partial charge in [0, 0.05) is 22.0 Å². The Bertz CT molecular complexity index is 2450. The molecule has 0 spiro atoms. The summed E-state index contributed by atoms with van der Waals surface area (Å²) in [5.74, 6) is 0.937. The van der Waals surface area contributed by atoms with Crippen molar-refractivity contribution in [3.63, 3.8) is 0 Å². The normalized spacial score (nSPS) is 11.8. The number of rotatable bonds is 3. The number of hydrogen-bond donors (Lipinski definition) is 0. The Kier molecular flexibility index (Phi) is 4.87. The van der Waals surface area contributed by atoms with E-state index in [0.29, 0.717) is 0 Å². The Morgan fingerprint density at radius 1 is 0.405 bits per heavy atom. The smallest absolute Gasteiger partial charge is 0.146 e. The van der Waals surface area contributed by atoms with Crippen molar-refractivity contribution in [2.45, 2.75) is 0 Å². The largest absolute Gasteiger partial charge is 0.292 e. The van der Waals surface area contributed by atoms with Gasteiger partial charge >= 0.3 is 0 Å². The van der Waals surface area contributed by atoms with Crippen molar-refractivity contribution in [1.82, 2.24) is 18.9 Å². The third-order valence-electron chi connectivity index (χ3n) is 8.31. The average molecular weight is 537 g/mol. The highest BCUT2D eigenvalue weighted by Crippen LogP contribution is 2.36. The summed E-state index contributed by atoms with van der Waals surface area (Å²) in [7, 11) is 0. The first-order valence-corrected chi connectivity index (χ1v) is 14.2. The molecule has 0 aliphatic rings. The number of imidazole rings is 2. The van der Waals surface area contributed by atoms with Gasteiger partial charge in [0.15, 0.2) is 0 Å². The van der Waals surface area contributed by atoms with Crippen LogP contribution in [0, 0.1) is 0 Å². The van der Waals surface area contributed by atoms with Gasteiger partial charge in [-0.05, 0) is 71.1 Å². The summed E-state index contributed by atoms with van der Waals surface area (Å²) in [6.07, 6.45) is 0. The van der Waals surface area contributed by atoms with Crippen LogP contribution < -0.4 is 0 Å². The Morgan fingerprint density at radius 2 is 1.02 bits per heavy atom. The topological polar surface area (TPSA) is 35.1 Å². The van der Waals surface area contributed by atoms with Crippen LogP contribution in [0.1, 0.15) is 0 Å². The first-order valence-electron chi connectivity index (χ1n) is 14.2. The molecule has 0 aliphatic heterocycles. The Morgan fingerprint density at radius 3 is 1.83 bits per heavy atom.